The van der Waals surface area contributed by atoms with Gasteiger partial charge in [-0.05, 0) is 19.0 Å². The second kappa shape index (κ2) is 4.41. The summed E-state index contributed by atoms with van der Waals surface area (Å²) in [4.78, 5) is 5.85. The smallest absolute Gasteiger partial charge is 0.105 e. The Morgan fingerprint density at radius 1 is 1.73 bits per heavy atom. The van der Waals surface area contributed by atoms with Crippen molar-refractivity contribution in [2.75, 3.05) is 19.3 Å². The highest BCUT2D eigenvalue weighted by Gasteiger charge is 1.92. The summed E-state index contributed by atoms with van der Waals surface area (Å²) in [6.45, 7) is 0.989. The Hall–Kier alpha value is -0.480. The molecule has 11 heavy (non-hydrogen) atoms. The van der Waals surface area contributed by atoms with E-state index in [1.165, 1.54) is 0 Å². The maximum Gasteiger partial charge on any atom is 0.105 e. The highest BCUT2D eigenvalue weighted by atomic mass is 32.2. The van der Waals surface area contributed by atoms with Crippen LogP contribution in [0.2, 0.25) is 0 Å². The largest absolute Gasteiger partial charge is 0.304 e. The Morgan fingerprint density at radius 2 is 2.55 bits per heavy atom. The van der Waals surface area contributed by atoms with E-state index >= 15 is 0 Å². The fraction of sp³-hybridized carbons (Fsp3) is 0.429. The molecule has 1 aromatic rings. The lowest BCUT2D eigenvalue weighted by Crippen LogP contribution is -2.12. The maximum absolute atomic E-state index is 3.93. The van der Waals surface area contributed by atoms with Crippen LogP contribution in [0.3, 0.4) is 0 Å². The van der Waals surface area contributed by atoms with Crippen LogP contribution in [0.25, 0.3) is 0 Å². The molecule has 1 heterocycles. The van der Waals surface area contributed by atoms with Crippen LogP contribution < -0.4 is 0 Å². The zero-order chi connectivity index (χ0) is 8.10. The molecule has 0 N–H and O–H groups in total. The number of hydrogen-bond acceptors (Lipinski definition) is 3. The van der Waals surface area contributed by atoms with Gasteiger partial charge in [0, 0.05) is 31.7 Å². The van der Waals surface area contributed by atoms with E-state index in [0.29, 0.717) is 0 Å². The number of nitrogens with zero attached hydrogens (tertiary/aromatic N) is 3. The summed E-state index contributed by atoms with van der Waals surface area (Å²) in [6, 6.07) is 0. The molecule has 0 spiro atoms. The first kappa shape index (κ1) is 8.62. The third kappa shape index (κ3) is 3.43. The Morgan fingerprint density at radius 3 is 3.09 bits per heavy atom. The van der Waals surface area contributed by atoms with Crippen LogP contribution in [0.15, 0.2) is 18.7 Å². The Kier molecular flexibility index (Phi) is 3.45. The van der Waals surface area contributed by atoms with Gasteiger partial charge in [-0.2, -0.15) is 0 Å². The third-order valence-electron chi connectivity index (χ3n) is 1.19. The van der Waals surface area contributed by atoms with Crippen molar-refractivity contribution in [3.05, 3.63) is 25.8 Å². The molecule has 0 amide bonds. The molecule has 0 aliphatic rings. The first-order valence-electron chi connectivity index (χ1n) is 3.42. The number of rotatable bonds is 4. The summed E-state index contributed by atoms with van der Waals surface area (Å²) in [7, 11) is 5.72. The van der Waals surface area contributed by atoms with Gasteiger partial charge in [-0.15, -0.1) is 0 Å². The van der Waals surface area contributed by atoms with Gasteiger partial charge in [-0.1, -0.05) is 0 Å². The number of aromatic nitrogens is 2. The van der Waals surface area contributed by atoms with Crippen molar-refractivity contribution in [1.82, 2.24) is 13.9 Å². The zero-order valence-electron chi connectivity index (χ0n) is 6.60. The molecular formula is C7H12N3S. The van der Waals surface area contributed by atoms with E-state index in [-0.39, 0.29) is 0 Å². The molecule has 0 saturated heterocycles. The Bertz CT molecular complexity index is 184. The lowest BCUT2D eigenvalue weighted by atomic mass is 10.7. The van der Waals surface area contributed by atoms with Crippen LogP contribution in [0.4, 0.5) is 0 Å². The predicted octanol–water partition coefficient (Wildman–Crippen LogP) is 1.10. The lowest BCUT2D eigenvalue weighted by molar-refractivity contribution is 0.482. The van der Waals surface area contributed by atoms with Crippen LogP contribution in [0.5, 0.6) is 0 Å². The van der Waals surface area contributed by atoms with Gasteiger partial charge >= 0.3 is 0 Å². The first-order valence-corrected chi connectivity index (χ1v) is 4.36. The number of hydrogen-bond donors (Lipinski definition) is 0. The average Bonchev–Trinajstić information content (AvgIpc) is 2.39. The van der Waals surface area contributed by atoms with Crippen molar-refractivity contribution in [1.29, 1.82) is 0 Å². The molecule has 0 aromatic carbocycles. The van der Waals surface area contributed by atoms with Gasteiger partial charge in [-0.25, -0.2) is 4.98 Å². The van der Waals surface area contributed by atoms with Gasteiger partial charge in [0.15, 0.2) is 0 Å². The molecule has 3 nitrogen and oxygen atoms in total. The molecule has 0 aliphatic carbocycles. The monoisotopic (exact) mass is 170 g/mol. The molecule has 0 aliphatic heterocycles. The van der Waals surface area contributed by atoms with Gasteiger partial charge in [0.25, 0.3) is 0 Å². The van der Waals surface area contributed by atoms with E-state index in [0.717, 1.165) is 12.3 Å². The van der Waals surface area contributed by atoms with E-state index in [2.05, 4.69) is 12.0 Å². The van der Waals surface area contributed by atoms with Crippen molar-refractivity contribution in [3.8, 4) is 0 Å². The molecule has 1 radical (unpaired) electrons. The third-order valence-corrected chi connectivity index (χ3v) is 2.07. The van der Waals surface area contributed by atoms with Crippen molar-refractivity contribution >= 4 is 11.9 Å². The Balaban J connectivity index is 2.14. The van der Waals surface area contributed by atoms with Gasteiger partial charge in [0.2, 0.25) is 0 Å². The SMILES string of the molecule is [CH2]N(C)CCSn1ccnc1. The molecule has 0 saturated carbocycles. The summed E-state index contributed by atoms with van der Waals surface area (Å²) in [5.74, 6) is 1.04. The molecule has 0 atom stereocenters. The Labute approximate surface area is 71.5 Å². The number of imidazole rings is 1. The topological polar surface area (TPSA) is 21.1 Å². The normalized spacial score (nSPS) is 10.8. The molecular weight excluding hydrogens is 158 g/mol. The average molecular weight is 170 g/mol. The summed E-state index contributed by atoms with van der Waals surface area (Å²) in [6.07, 6.45) is 5.52. The van der Waals surface area contributed by atoms with Crippen molar-refractivity contribution < 1.29 is 0 Å². The van der Waals surface area contributed by atoms with Crippen molar-refractivity contribution in [2.24, 2.45) is 0 Å². The highest BCUT2D eigenvalue weighted by molar-refractivity contribution is 7.97. The summed E-state index contributed by atoms with van der Waals surface area (Å²) >= 11 is 1.73. The molecule has 4 heteroatoms. The van der Waals surface area contributed by atoms with Gasteiger partial charge in [-0.3, -0.25) is 3.97 Å². The predicted molar refractivity (Wildman–Crippen MR) is 48.1 cm³/mol. The summed E-state index contributed by atoms with van der Waals surface area (Å²) in [5.41, 5.74) is 0. The van der Waals surface area contributed by atoms with Gasteiger partial charge in [0.05, 0.1) is 0 Å². The van der Waals surface area contributed by atoms with Crippen LogP contribution in [0, 0.1) is 7.05 Å². The minimum atomic E-state index is 0.989. The molecule has 0 fully saturated rings. The molecule has 0 bridgehead atoms. The van der Waals surface area contributed by atoms with Crippen LogP contribution >= 0.6 is 11.9 Å². The van der Waals surface area contributed by atoms with Gasteiger partial charge in [0.1, 0.15) is 6.33 Å². The van der Waals surface area contributed by atoms with E-state index in [1.54, 1.807) is 24.5 Å². The van der Waals surface area contributed by atoms with Crippen molar-refractivity contribution in [3.63, 3.8) is 0 Å². The lowest BCUT2D eigenvalue weighted by Gasteiger charge is -2.07. The van der Waals surface area contributed by atoms with Gasteiger partial charge < -0.3 is 4.90 Å². The summed E-state index contributed by atoms with van der Waals surface area (Å²) in [5, 5.41) is 0. The second-order valence-electron chi connectivity index (χ2n) is 2.34. The molecule has 0 unspecified atom stereocenters. The van der Waals surface area contributed by atoms with Crippen LogP contribution in [-0.2, 0) is 0 Å². The van der Waals surface area contributed by atoms with Crippen LogP contribution in [0.1, 0.15) is 0 Å². The minimum absolute atomic E-state index is 0.989. The first-order chi connectivity index (χ1) is 5.29. The van der Waals surface area contributed by atoms with E-state index < -0.39 is 0 Å². The fourth-order valence-electron chi connectivity index (χ4n) is 0.625. The van der Waals surface area contributed by atoms with E-state index in [9.17, 15) is 0 Å². The zero-order valence-corrected chi connectivity index (χ0v) is 7.42. The van der Waals surface area contributed by atoms with E-state index in [1.807, 2.05) is 22.1 Å². The van der Waals surface area contributed by atoms with E-state index in [4.69, 9.17) is 0 Å². The maximum atomic E-state index is 3.93. The quantitative estimate of drug-likeness (QED) is 0.675. The molecule has 1 aromatic heterocycles. The second-order valence-corrected chi connectivity index (χ2v) is 3.42. The summed E-state index contributed by atoms with van der Waals surface area (Å²) < 4.78 is 1.99. The molecule has 1 rings (SSSR count). The molecule has 61 valence electrons. The van der Waals surface area contributed by atoms with Crippen LogP contribution in [-0.4, -0.2) is 33.2 Å². The van der Waals surface area contributed by atoms with Crippen molar-refractivity contribution in [2.45, 2.75) is 0 Å². The fourth-order valence-corrected chi connectivity index (χ4v) is 1.49. The highest BCUT2D eigenvalue weighted by Crippen LogP contribution is 2.03. The standard InChI is InChI=1S/C7H12N3S/c1-9(2)5-6-11-10-4-3-8-7-10/h3-4,7H,1,5-6H2,2H3. The minimum Gasteiger partial charge on any atom is -0.304 e.